The monoisotopic (exact) mass is 362 g/mol. The number of nitrogens with two attached hydrogens (primary N) is 2. The van der Waals surface area contributed by atoms with Crippen molar-refractivity contribution < 1.29 is 9.50 Å². The number of rotatable bonds is 6. The Hall–Kier alpha value is -2.87. The van der Waals surface area contributed by atoms with Gasteiger partial charge in [0, 0.05) is 17.8 Å². The van der Waals surface area contributed by atoms with Crippen molar-refractivity contribution >= 4 is 17.3 Å². The Labute approximate surface area is 153 Å². The Bertz CT molecular complexity index is 733. The molecule has 7 nitrogen and oxygen atoms in total. The normalized spacial score (nSPS) is 12.0. The second-order valence-electron chi connectivity index (χ2n) is 5.43. The molecule has 1 atom stereocenters. The Morgan fingerprint density at radius 1 is 1.38 bits per heavy atom. The summed E-state index contributed by atoms with van der Waals surface area (Å²) < 4.78 is 13.7. The van der Waals surface area contributed by atoms with E-state index in [1.807, 2.05) is 20.8 Å². The van der Waals surface area contributed by atoms with Crippen LogP contribution < -0.4 is 21.9 Å². The molecule has 0 amide bonds. The van der Waals surface area contributed by atoms with Crippen molar-refractivity contribution in [3.63, 3.8) is 0 Å². The van der Waals surface area contributed by atoms with Crippen LogP contribution in [0.5, 0.6) is 0 Å². The van der Waals surface area contributed by atoms with E-state index in [1.165, 1.54) is 11.2 Å². The number of nitrogens with one attached hydrogen (secondary N) is 1. The standard InChI is InChI=1S/C16H21FN6O.C2H6/c1-10(8-11(2)24)21-14-6-5-13(18)16(22-14)23(19)9-12-4-3-7-20-15(12)17;1-2/h3-8,10,24H,9,18-19H2,1-2H3,(H,21,22);1-2H3/b11-8+;. The third-order valence-electron chi connectivity index (χ3n) is 3.22. The van der Waals surface area contributed by atoms with Crippen LogP contribution in [0.25, 0.3) is 0 Å². The summed E-state index contributed by atoms with van der Waals surface area (Å²) in [5, 5.41) is 13.7. The molecule has 0 spiro atoms. The summed E-state index contributed by atoms with van der Waals surface area (Å²) in [5.41, 5.74) is 6.63. The van der Waals surface area contributed by atoms with E-state index in [-0.39, 0.29) is 18.3 Å². The van der Waals surface area contributed by atoms with Gasteiger partial charge >= 0.3 is 0 Å². The molecule has 26 heavy (non-hydrogen) atoms. The molecule has 0 aliphatic heterocycles. The summed E-state index contributed by atoms with van der Waals surface area (Å²) in [6.45, 7) is 7.53. The largest absolute Gasteiger partial charge is 0.513 e. The van der Waals surface area contributed by atoms with Gasteiger partial charge in [0.05, 0.1) is 18.0 Å². The van der Waals surface area contributed by atoms with Gasteiger partial charge in [0.1, 0.15) is 5.82 Å². The fourth-order valence-corrected chi connectivity index (χ4v) is 2.20. The molecule has 0 aliphatic rings. The van der Waals surface area contributed by atoms with Crippen molar-refractivity contribution in [2.24, 2.45) is 5.84 Å². The van der Waals surface area contributed by atoms with Crippen LogP contribution in [0.4, 0.5) is 21.7 Å². The summed E-state index contributed by atoms with van der Waals surface area (Å²) in [6, 6.07) is 6.45. The van der Waals surface area contributed by atoms with E-state index in [9.17, 15) is 9.50 Å². The number of nitrogens with zero attached hydrogens (tertiary/aromatic N) is 3. The molecule has 0 fully saturated rings. The van der Waals surface area contributed by atoms with Gasteiger partial charge in [-0.25, -0.2) is 15.8 Å². The van der Waals surface area contributed by atoms with Crippen molar-refractivity contribution in [1.29, 1.82) is 0 Å². The lowest BCUT2D eigenvalue weighted by Crippen LogP contribution is -2.32. The molecule has 0 saturated heterocycles. The molecular weight excluding hydrogens is 335 g/mol. The number of hydrogen-bond acceptors (Lipinski definition) is 7. The Balaban J connectivity index is 0.00000163. The highest BCUT2D eigenvalue weighted by Crippen LogP contribution is 2.23. The van der Waals surface area contributed by atoms with Crippen LogP contribution >= 0.6 is 0 Å². The third kappa shape index (κ3) is 6.21. The van der Waals surface area contributed by atoms with Crippen LogP contribution in [-0.4, -0.2) is 21.1 Å². The number of nitrogen functional groups attached to an aromatic ring is 1. The molecule has 0 aromatic carbocycles. The van der Waals surface area contributed by atoms with Crippen molar-refractivity contribution in [2.45, 2.75) is 40.3 Å². The smallest absolute Gasteiger partial charge is 0.217 e. The van der Waals surface area contributed by atoms with Crippen LogP contribution in [-0.2, 0) is 6.54 Å². The van der Waals surface area contributed by atoms with Gasteiger partial charge in [0.2, 0.25) is 5.95 Å². The van der Waals surface area contributed by atoms with E-state index < -0.39 is 5.95 Å². The van der Waals surface area contributed by atoms with Crippen molar-refractivity contribution in [3.8, 4) is 0 Å². The van der Waals surface area contributed by atoms with E-state index in [1.54, 1.807) is 37.3 Å². The van der Waals surface area contributed by atoms with Crippen LogP contribution in [0, 0.1) is 5.95 Å². The van der Waals surface area contributed by atoms with Crippen LogP contribution in [0.3, 0.4) is 0 Å². The zero-order valence-electron chi connectivity index (χ0n) is 15.6. The van der Waals surface area contributed by atoms with Crippen LogP contribution in [0.1, 0.15) is 33.3 Å². The lowest BCUT2D eigenvalue weighted by Gasteiger charge is -2.21. The fourth-order valence-electron chi connectivity index (χ4n) is 2.20. The highest BCUT2D eigenvalue weighted by Gasteiger charge is 2.13. The van der Waals surface area contributed by atoms with Crippen molar-refractivity contribution in [2.75, 3.05) is 16.1 Å². The average Bonchev–Trinajstić information content (AvgIpc) is 2.59. The quantitative estimate of drug-likeness (QED) is 0.270. The molecular formula is C18H27FN6O. The topological polar surface area (TPSA) is 113 Å². The van der Waals surface area contributed by atoms with Crippen LogP contribution in [0.2, 0.25) is 0 Å². The number of halogens is 1. The Morgan fingerprint density at radius 3 is 2.69 bits per heavy atom. The number of aliphatic hydroxyl groups is 1. The lowest BCUT2D eigenvalue weighted by atomic mass is 10.2. The summed E-state index contributed by atoms with van der Waals surface area (Å²) in [6.07, 6.45) is 3.01. The zero-order chi connectivity index (χ0) is 19.7. The van der Waals surface area contributed by atoms with E-state index >= 15 is 0 Å². The second kappa shape index (κ2) is 10.2. The van der Waals surface area contributed by atoms with E-state index in [4.69, 9.17) is 11.6 Å². The molecule has 0 bridgehead atoms. The molecule has 2 aromatic heterocycles. The number of pyridine rings is 2. The van der Waals surface area contributed by atoms with Gasteiger partial charge in [0.25, 0.3) is 0 Å². The summed E-state index contributed by atoms with van der Waals surface area (Å²) in [4.78, 5) is 7.95. The van der Waals surface area contributed by atoms with Gasteiger partial charge in [-0.3, -0.25) is 5.01 Å². The SMILES string of the molecule is C/C(O)=C\C(C)Nc1ccc(N)c(N(N)Cc2cccnc2F)n1.CC. The Kier molecular flexibility index (Phi) is 8.30. The molecule has 6 N–H and O–H groups in total. The number of hydrogen-bond donors (Lipinski definition) is 4. The minimum absolute atomic E-state index is 0.0749. The van der Waals surface area contributed by atoms with E-state index in [2.05, 4.69) is 15.3 Å². The first kappa shape index (κ1) is 21.2. The lowest BCUT2D eigenvalue weighted by molar-refractivity contribution is 0.410. The minimum atomic E-state index is -0.585. The van der Waals surface area contributed by atoms with Gasteiger partial charge in [-0.1, -0.05) is 19.9 Å². The maximum Gasteiger partial charge on any atom is 0.217 e. The first-order valence-corrected chi connectivity index (χ1v) is 8.39. The predicted octanol–water partition coefficient (Wildman–Crippen LogP) is 3.37. The number of aliphatic hydroxyl groups excluding tert-OH is 1. The average molecular weight is 362 g/mol. The molecule has 1 unspecified atom stereocenters. The summed E-state index contributed by atoms with van der Waals surface area (Å²) in [7, 11) is 0. The molecule has 2 aromatic rings. The number of aromatic nitrogens is 2. The van der Waals surface area contributed by atoms with E-state index in [0.29, 0.717) is 22.9 Å². The fraction of sp³-hybridized carbons (Fsp3) is 0.333. The number of allylic oxidation sites excluding steroid dienone is 1. The van der Waals surface area contributed by atoms with E-state index in [0.717, 1.165) is 0 Å². The molecule has 142 valence electrons. The third-order valence-corrected chi connectivity index (χ3v) is 3.22. The van der Waals surface area contributed by atoms with Crippen LogP contribution in [0.15, 0.2) is 42.3 Å². The first-order valence-electron chi connectivity index (χ1n) is 8.39. The molecule has 2 rings (SSSR count). The van der Waals surface area contributed by atoms with Gasteiger partial charge in [-0.05, 0) is 38.1 Å². The van der Waals surface area contributed by atoms with Gasteiger partial charge in [-0.2, -0.15) is 4.39 Å². The molecule has 0 radical (unpaired) electrons. The molecule has 0 saturated carbocycles. The minimum Gasteiger partial charge on any atom is -0.513 e. The summed E-state index contributed by atoms with van der Waals surface area (Å²) >= 11 is 0. The zero-order valence-corrected chi connectivity index (χ0v) is 15.6. The van der Waals surface area contributed by atoms with Gasteiger partial charge in [0.15, 0.2) is 5.82 Å². The number of hydrazine groups is 1. The predicted molar refractivity (Wildman–Crippen MR) is 104 cm³/mol. The highest BCUT2D eigenvalue weighted by molar-refractivity contribution is 5.65. The maximum atomic E-state index is 13.7. The molecule has 2 heterocycles. The van der Waals surface area contributed by atoms with Crippen molar-refractivity contribution in [3.05, 3.63) is 53.8 Å². The van der Waals surface area contributed by atoms with Gasteiger partial charge in [-0.15, -0.1) is 0 Å². The molecule has 0 aliphatic carbocycles. The Morgan fingerprint density at radius 2 is 2.08 bits per heavy atom. The second-order valence-corrected chi connectivity index (χ2v) is 5.43. The number of anilines is 3. The first-order chi connectivity index (χ1) is 12.4. The summed E-state index contributed by atoms with van der Waals surface area (Å²) in [5.74, 6) is 6.47. The maximum absolute atomic E-state index is 13.7. The molecule has 8 heteroatoms. The highest BCUT2D eigenvalue weighted by atomic mass is 19.1. The van der Waals surface area contributed by atoms with Gasteiger partial charge < -0.3 is 16.2 Å². The van der Waals surface area contributed by atoms with Crippen molar-refractivity contribution in [1.82, 2.24) is 9.97 Å².